The summed E-state index contributed by atoms with van der Waals surface area (Å²) in [6.45, 7) is 12.5. The van der Waals surface area contributed by atoms with Crippen LogP contribution in [0.25, 0.3) is 0 Å². The minimum Gasteiger partial charge on any atom is -0.342 e. The van der Waals surface area contributed by atoms with Crippen molar-refractivity contribution in [2.24, 2.45) is 11.8 Å². The van der Waals surface area contributed by atoms with Crippen LogP contribution in [0.2, 0.25) is 0 Å². The van der Waals surface area contributed by atoms with Crippen LogP contribution >= 0.6 is 0 Å². The average molecular weight is 407 g/mol. The van der Waals surface area contributed by atoms with Crippen molar-refractivity contribution >= 4 is 15.9 Å². The smallest absolute Gasteiger partial charge is 0.243 e. The second kappa shape index (κ2) is 8.15. The molecule has 0 aliphatic carbocycles. The van der Waals surface area contributed by atoms with Gasteiger partial charge in [0.1, 0.15) is 0 Å². The van der Waals surface area contributed by atoms with Crippen LogP contribution in [0.4, 0.5) is 0 Å². The largest absolute Gasteiger partial charge is 0.342 e. The van der Waals surface area contributed by atoms with Crippen molar-refractivity contribution in [2.45, 2.75) is 65.2 Å². The molecule has 1 amide bonds. The van der Waals surface area contributed by atoms with E-state index in [-0.39, 0.29) is 11.8 Å². The predicted octanol–water partition coefficient (Wildman–Crippen LogP) is 3.58. The lowest BCUT2D eigenvalue weighted by Crippen LogP contribution is -2.46. The maximum absolute atomic E-state index is 13.4. The molecule has 0 bridgehead atoms. The molecule has 3 rings (SSSR count). The fourth-order valence-electron chi connectivity index (χ4n) is 4.53. The highest BCUT2D eigenvalue weighted by Crippen LogP contribution is 2.32. The minimum atomic E-state index is -3.54. The number of aryl methyl sites for hydroxylation is 2. The van der Waals surface area contributed by atoms with Gasteiger partial charge in [0.05, 0.1) is 4.90 Å². The first-order valence-corrected chi connectivity index (χ1v) is 11.9. The predicted molar refractivity (Wildman–Crippen MR) is 112 cm³/mol. The van der Waals surface area contributed by atoms with E-state index in [4.69, 9.17) is 0 Å². The van der Waals surface area contributed by atoms with Gasteiger partial charge in [-0.1, -0.05) is 13.0 Å². The third-order valence-corrected chi connectivity index (χ3v) is 8.97. The minimum absolute atomic E-state index is 0.0405. The topological polar surface area (TPSA) is 57.7 Å². The molecule has 1 aromatic rings. The molecule has 0 radical (unpaired) electrons. The fourth-order valence-corrected chi connectivity index (χ4v) is 6.57. The first-order chi connectivity index (χ1) is 13.1. The van der Waals surface area contributed by atoms with Gasteiger partial charge in [0.2, 0.25) is 15.9 Å². The number of piperidine rings is 2. The number of sulfonamides is 1. The van der Waals surface area contributed by atoms with Gasteiger partial charge in [-0.15, -0.1) is 0 Å². The van der Waals surface area contributed by atoms with E-state index in [2.05, 4.69) is 6.92 Å². The van der Waals surface area contributed by atoms with Crippen LogP contribution in [0, 0.1) is 39.5 Å². The Labute approximate surface area is 170 Å². The van der Waals surface area contributed by atoms with E-state index >= 15 is 0 Å². The second-order valence-electron chi connectivity index (χ2n) is 8.78. The molecule has 156 valence electrons. The molecular weight excluding hydrogens is 372 g/mol. The molecule has 0 spiro atoms. The summed E-state index contributed by atoms with van der Waals surface area (Å²) in [5.41, 5.74) is 3.68. The van der Waals surface area contributed by atoms with Crippen molar-refractivity contribution in [3.8, 4) is 0 Å². The van der Waals surface area contributed by atoms with Gasteiger partial charge in [0.25, 0.3) is 0 Å². The summed E-state index contributed by atoms with van der Waals surface area (Å²) >= 11 is 0. The number of hydrogen-bond acceptors (Lipinski definition) is 3. The van der Waals surface area contributed by atoms with Crippen molar-refractivity contribution in [1.29, 1.82) is 0 Å². The monoisotopic (exact) mass is 406 g/mol. The maximum Gasteiger partial charge on any atom is 0.243 e. The van der Waals surface area contributed by atoms with Gasteiger partial charge in [-0.05, 0) is 81.5 Å². The van der Waals surface area contributed by atoms with Gasteiger partial charge >= 0.3 is 0 Å². The average Bonchev–Trinajstić information content (AvgIpc) is 2.66. The third-order valence-electron chi connectivity index (χ3n) is 6.79. The number of likely N-dealkylation sites (tertiary alicyclic amines) is 1. The van der Waals surface area contributed by atoms with Gasteiger partial charge in [-0.25, -0.2) is 8.42 Å². The number of benzene rings is 1. The highest BCUT2D eigenvalue weighted by atomic mass is 32.2. The Morgan fingerprint density at radius 2 is 1.39 bits per heavy atom. The van der Waals surface area contributed by atoms with Crippen LogP contribution in [-0.4, -0.2) is 49.7 Å². The summed E-state index contributed by atoms with van der Waals surface area (Å²) in [5.74, 6) is 0.879. The molecule has 0 aromatic heterocycles. The Hall–Kier alpha value is -1.40. The van der Waals surface area contributed by atoms with Gasteiger partial charge in [0, 0.05) is 32.1 Å². The zero-order valence-electron chi connectivity index (χ0n) is 17.9. The van der Waals surface area contributed by atoms with Crippen LogP contribution in [0.5, 0.6) is 0 Å². The number of amides is 1. The molecule has 0 unspecified atom stereocenters. The van der Waals surface area contributed by atoms with E-state index in [0.29, 0.717) is 36.7 Å². The first kappa shape index (κ1) is 21.3. The normalized spacial score (nSPS) is 20.5. The standard InChI is InChI=1S/C22H34N2O3S/c1-15-6-10-23(11-7-15)22(25)20-8-12-24(13-9-20)28(26,27)21-18(4)16(2)14-17(3)19(21)5/h14-15,20H,6-13H2,1-5H3. The maximum atomic E-state index is 13.4. The molecule has 0 atom stereocenters. The quantitative estimate of drug-likeness (QED) is 0.771. The second-order valence-corrected chi connectivity index (χ2v) is 10.7. The molecule has 2 heterocycles. The van der Waals surface area contributed by atoms with E-state index in [0.717, 1.165) is 48.2 Å². The van der Waals surface area contributed by atoms with Crippen LogP contribution in [0.3, 0.4) is 0 Å². The Kier molecular flexibility index (Phi) is 6.20. The lowest BCUT2D eigenvalue weighted by molar-refractivity contribution is -0.138. The van der Waals surface area contributed by atoms with Crippen LogP contribution in [-0.2, 0) is 14.8 Å². The van der Waals surface area contributed by atoms with Crippen molar-refractivity contribution in [1.82, 2.24) is 9.21 Å². The molecular formula is C22H34N2O3S. The van der Waals surface area contributed by atoms with E-state index in [9.17, 15) is 13.2 Å². The molecule has 5 nitrogen and oxygen atoms in total. The van der Waals surface area contributed by atoms with Crippen LogP contribution < -0.4 is 0 Å². The van der Waals surface area contributed by atoms with Crippen molar-refractivity contribution in [3.63, 3.8) is 0 Å². The van der Waals surface area contributed by atoms with Gasteiger partial charge < -0.3 is 4.90 Å². The third kappa shape index (κ3) is 3.99. The Morgan fingerprint density at radius 3 is 1.89 bits per heavy atom. The van der Waals surface area contributed by atoms with Crippen LogP contribution in [0.1, 0.15) is 54.9 Å². The zero-order chi connectivity index (χ0) is 20.6. The summed E-state index contributed by atoms with van der Waals surface area (Å²) in [4.78, 5) is 15.3. The Balaban J connectivity index is 1.72. The van der Waals surface area contributed by atoms with Gasteiger partial charge in [0.15, 0.2) is 0 Å². The van der Waals surface area contributed by atoms with Gasteiger partial charge in [-0.3, -0.25) is 4.79 Å². The van der Waals surface area contributed by atoms with Crippen molar-refractivity contribution < 1.29 is 13.2 Å². The van der Waals surface area contributed by atoms with Crippen LogP contribution in [0.15, 0.2) is 11.0 Å². The van der Waals surface area contributed by atoms with E-state index in [1.807, 2.05) is 38.7 Å². The molecule has 1 aromatic carbocycles. The van der Waals surface area contributed by atoms with Crippen molar-refractivity contribution in [2.75, 3.05) is 26.2 Å². The fraction of sp³-hybridized carbons (Fsp3) is 0.682. The van der Waals surface area contributed by atoms with E-state index in [1.54, 1.807) is 4.31 Å². The molecule has 6 heteroatoms. The number of carbonyl (C=O) groups is 1. The highest BCUT2D eigenvalue weighted by molar-refractivity contribution is 7.89. The van der Waals surface area contributed by atoms with Crippen molar-refractivity contribution in [3.05, 3.63) is 28.3 Å². The summed E-state index contributed by atoms with van der Waals surface area (Å²) < 4.78 is 28.3. The summed E-state index contributed by atoms with van der Waals surface area (Å²) in [7, 11) is -3.54. The summed E-state index contributed by atoms with van der Waals surface area (Å²) in [5, 5.41) is 0. The lowest BCUT2D eigenvalue weighted by atomic mass is 9.93. The molecule has 2 saturated heterocycles. The Bertz CT molecular complexity index is 821. The molecule has 2 aliphatic heterocycles. The number of rotatable bonds is 3. The van der Waals surface area contributed by atoms with Gasteiger partial charge in [-0.2, -0.15) is 4.31 Å². The van der Waals surface area contributed by atoms with E-state index in [1.165, 1.54) is 0 Å². The molecule has 2 fully saturated rings. The number of carbonyl (C=O) groups excluding carboxylic acids is 1. The van der Waals surface area contributed by atoms with E-state index < -0.39 is 10.0 Å². The highest BCUT2D eigenvalue weighted by Gasteiger charge is 2.36. The number of hydrogen-bond donors (Lipinski definition) is 0. The molecule has 0 N–H and O–H groups in total. The summed E-state index contributed by atoms with van der Waals surface area (Å²) in [6.07, 6.45) is 3.38. The lowest BCUT2D eigenvalue weighted by Gasteiger charge is -2.36. The summed E-state index contributed by atoms with van der Waals surface area (Å²) in [6, 6.07) is 2.05. The number of nitrogens with zero attached hydrogens (tertiary/aromatic N) is 2. The first-order valence-electron chi connectivity index (χ1n) is 10.5. The zero-order valence-corrected chi connectivity index (χ0v) is 18.7. The molecule has 0 saturated carbocycles. The Morgan fingerprint density at radius 1 is 0.893 bits per heavy atom. The molecule has 2 aliphatic rings. The molecule has 28 heavy (non-hydrogen) atoms. The SMILES string of the molecule is Cc1cc(C)c(C)c(S(=O)(=O)N2CCC(C(=O)N3CCC(C)CC3)CC2)c1C.